The van der Waals surface area contributed by atoms with Crippen LogP contribution in [0.2, 0.25) is 5.02 Å². The van der Waals surface area contributed by atoms with Crippen LogP contribution < -0.4 is 0 Å². The number of fused-ring (bicyclic) bond motifs is 1. The lowest BCUT2D eigenvalue weighted by Gasteiger charge is -2.12. The zero-order chi connectivity index (χ0) is 15.8. The molecule has 0 N–H and O–H groups in total. The monoisotopic (exact) mass is 381 g/mol. The highest BCUT2D eigenvalue weighted by atomic mass is 79.9. The molecular formula is C13H8BrClF3NO2. The summed E-state index contributed by atoms with van der Waals surface area (Å²) in [6.45, 7) is 1.82. The molecule has 0 saturated heterocycles. The van der Waals surface area contributed by atoms with Gasteiger partial charge in [0, 0.05) is 16.1 Å². The molecule has 0 spiro atoms. The van der Waals surface area contributed by atoms with Gasteiger partial charge in [0.05, 0.1) is 28.3 Å². The van der Waals surface area contributed by atoms with Crippen LogP contribution in [0.25, 0.3) is 10.9 Å². The molecule has 3 nitrogen and oxygen atoms in total. The lowest BCUT2D eigenvalue weighted by Crippen LogP contribution is -2.08. The van der Waals surface area contributed by atoms with E-state index in [4.69, 9.17) is 16.3 Å². The van der Waals surface area contributed by atoms with Crippen molar-refractivity contribution in [2.24, 2.45) is 0 Å². The van der Waals surface area contributed by atoms with E-state index in [9.17, 15) is 18.0 Å². The highest BCUT2D eigenvalue weighted by molar-refractivity contribution is 9.10. The van der Waals surface area contributed by atoms with E-state index < -0.39 is 22.7 Å². The topological polar surface area (TPSA) is 39.2 Å². The fourth-order valence-electron chi connectivity index (χ4n) is 1.75. The first-order valence-corrected chi connectivity index (χ1v) is 6.95. The third kappa shape index (κ3) is 3.13. The van der Waals surface area contributed by atoms with Gasteiger partial charge in [-0.25, -0.2) is 4.79 Å². The van der Waals surface area contributed by atoms with Crippen molar-refractivity contribution in [2.45, 2.75) is 13.1 Å². The molecule has 2 aromatic rings. The molecule has 0 unspecified atom stereocenters. The van der Waals surface area contributed by atoms with Crippen LogP contribution in [0.1, 0.15) is 22.8 Å². The normalized spacial score (nSPS) is 11.7. The van der Waals surface area contributed by atoms with Crippen molar-refractivity contribution in [3.05, 3.63) is 39.0 Å². The number of benzene rings is 1. The number of halogens is 5. The van der Waals surface area contributed by atoms with Crippen LogP contribution in [0.15, 0.2) is 22.8 Å². The van der Waals surface area contributed by atoms with Crippen LogP contribution in [-0.2, 0) is 10.9 Å². The highest BCUT2D eigenvalue weighted by Gasteiger charge is 2.34. The van der Waals surface area contributed by atoms with Gasteiger partial charge < -0.3 is 4.74 Å². The first kappa shape index (κ1) is 16.0. The number of carbonyl (C=O) groups is 1. The first-order valence-electron chi connectivity index (χ1n) is 5.77. The molecule has 0 fully saturated rings. The van der Waals surface area contributed by atoms with E-state index in [0.29, 0.717) is 9.86 Å². The van der Waals surface area contributed by atoms with Crippen molar-refractivity contribution in [1.29, 1.82) is 0 Å². The van der Waals surface area contributed by atoms with Crippen molar-refractivity contribution in [3.63, 3.8) is 0 Å². The molecule has 0 atom stereocenters. The van der Waals surface area contributed by atoms with Crippen LogP contribution in [0, 0.1) is 0 Å². The zero-order valence-corrected chi connectivity index (χ0v) is 12.9. The Morgan fingerprint density at radius 2 is 2.10 bits per heavy atom. The average molecular weight is 383 g/mol. The number of alkyl halides is 3. The van der Waals surface area contributed by atoms with Gasteiger partial charge in [-0.05, 0) is 35.0 Å². The SMILES string of the molecule is CCOC(=O)c1cnc2cc(C(F)(F)F)c(Cl)cc2c1Br. The minimum atomic E-state index is -4.57. The summed E-state index contributed by atoms with van der Waals surface area (Å²) in [6.07, 6.45) is -3.41. The van der Waals surface area contributed by atoms with Crippen LogP contribution in [-0.4, -0.2) is 17.6 Å². The second-order valence-corrected chi connectivity index (χ2v) is 5.25. The van der Waals surface area contributed by atoms with Gasteiger partial charge in [-0.2, -0.15) is 13.2 Å². The fourth-order valence-corrected chi connectivity index (χ4v) is 2.60. The second-order valence-electron chi connectivity index (χ2n) is 4.05. The fraction of sp³-hybridized carbons (Fsp3) is 0.231. The Balaban J connectivity index is 2.65. The molecule has 0 aliphatic heterocycles. The molecule has 1 aromatic heterocycles. The number of aromatic nitrogens is 1. The Labute approximate surface area is 131 Å². The molecule has 0 saturated carbocycles. The van der Waals surface area contributed by atoms with E-state index in [1.54, 1.807) is 6.92 Å². The summed E-state index contributed by atoms with van der Waals surface area (Å²) in [4.78, 5) is 15.6. The number of pyridine rings is 1. The first-order chi connectivity index (χ1) is 9.75. The Bertz CT molecular complexity index is 719. The molecule has 21 heavy (non-hydrogen) atoms. The summed E-state index contributed by atoms with van der Waals surface area (Å²) in [7, 11) is 0. The second kappa shape index (κ2) is 5.81. The lowest BCUT2D eigenvalue weighted by atomic mass is 10.1. The number of hydrogen-bond acceptors (Lipinski definition) is 3. The highest BCUT2D eigenvalue weighted by Crippen LogP contribution is 2.38. The number of esters is 1. The van der Waals surface area contributed by atoms with Gasteiger partial charge >= 0.3 is 12.1 Å². The molecule has 8 heteroatoms. The quantitative estimate of drug-likeness (QED) is 0.697. The smallest absolute Gasteiger partial charge is 0.417 e. The Morgan fingerprint density at radius 1 is 1.43 bits per heavy atom. The minimum absolute atomic E-state index is 0.0756. The standard InChI is InChI=1S/C13H8BrClF3NO2/c1-2-21-12(20)7-5-19-10-4-8(13(16,17)18)9(15)3-6(10)11(7)14/h3-5H,2H2,1H3. The summed E-state index contributed by atoms with van der Waals surface area (Å²) in [5.74, 6) is -0.616. The van der Waals surface area contributed by atoms with Crippen molar-refractivity contribution in [2.75, 3.05) is 6.61 Å². The molecule has 0 radical (unpaired) electrons. The van der Waals surface area contributed by atoms with Gasteiger partial charge in [0.15, 0.2) is 0 Å². The maximum Gasteiger partial charge on any atom is 0.417 e. The summed E-state index contributed by atoms with van der Waals surface area (Å²) in [5, 5.41) is -0.155. The summed E-state index contributed by atoms with van der Waals surface area (Å²) < 4.78 is 43.5. The van der Waals surface area contributed by atoms with Crippen molar-refractivity contribution in [1.82, 2.24) is 4.98 Å². The van der Waals surface area contributed by atoms with Crippen molar-refractivity contribution < 1.29 is 22.7 Å². The van der Waals surface area contributed by atoms with Gasteiger partial charge in [-0.1, -0.05) is 11.6 Å². The van der Waals surface area contributed by atoms with Gasteiger partial charge in [0.2, 0.25) is 0 Å². The van der Waals surface area contributed by atoms with E-state index >= 15 is 0 Å². The number of ether oxygens (including phenoxy) is 1. The van der Waals surface area contributed by atoms with Crippen LogP contribution in [0.5, 0.6) is 0 Å². The third-order valence-corrected chi connectivity index (χ3v) is 3.86. The summed E-state index contributed by atoms with van der Waals surface area (Å²) in [5.41, 5.74) is -0.772. The van der Waals surface area contributed by atoms with Gasteiger partial charge in [0.25, 0.3) is 0 Å². The number of rotatable bonds is 2. The maximum atomic E-state index is 12.8. The number of carbonyl (C=O) groups excluding carboxylic acids is 1. The molecule has 0 bridgehead atoms. The largest absolute Gasteiger partial charge is 0.462 e. The van der Waals surface area contributed by atoms with E-state index in [2.05, 4.69) is 20.9 Å². The molecular weight excluding hydrogens is 374 g/mol. The van der Waals surface area contributed by atoms with Crippen LogP contribution >= 0.6 is 27.5 Å². The Kier molecular flexibility index (Phi) is 4.43. The molecule has 2 rings (SSSR count). The molecule has 1 aromatic carbocycles. The third-order valence-electron chi connectivity index (χ3n) is 2.69. The van der Waals surface area contributed by atoms with E-state index in [1.807, 2.05) is 0 Å². The van der Waals surface area contributed by atoms with Crippen molar-refractivity contribution in [3.8, 4) is 0 Å². The summed E-state index contributed by atoms with van der Waals surface area (Å²) in [6, 6.07) is 1.97. The molecule has 0 aliphatic rings. The predicted octanol–water partition coefficient (Wildman–Crippen LogP) is 4.85. The molecule has 0 amide bonds. The average Bonchev–Trinajstić information content (AvgIpc) is 2.38. The van der Waals surface area contributed by atoms with E-state index in [-0.39, 0.29) is 17.7 Å². The van der Waals surface area contributed by atoms with E-state index in [1.165, 1.54) is 6.20 Å². The van der Waals surface area contributed by atoms with Crippen LogP contribution in [0.3, 0.4) is 0 Å². The Hall–Kier alpha value is -1.34. The van der Waals surface area contributed by atoms with E-state index in [0.717, 1.165) is 12.1 Å². The predicted molar refractivity (Wildman–Crippen MR) is 75.4 cm³/mol. The minimum Gasteiger partial charge on any atom is -0.462 e. The molecule has 0 aliphatic carbocycles. The Morgan fingerprint density at radius 3 is 2.67 bits per heavy atom. The molecule has 112 valence electrons. The number of hydrogen-bond donors (Lipinski definition) is 0. The van der Waals surface area contributed by atoms with Gasteiger partial charge in [-0.3, -0.25) is 4.98 Å². The van der Waals surface area contributed by atoms with Crippen molar-refractivity contribution >= 4 is 44.4 Å². The molecule has 1 heterocycles. The van der Waals surface area contributed by atoms with Crippen LogP contribution in [0.4, 0.5) is 13.2 Å². The summed E-state index contributed by atoms with van der Waals surface area (Å²) >= 11 is 8.85. The number of nitrogens with zero attached hydrogens (tertiary/aromatic N) is 1. The zero-order valence-electron chi connectivity index (χ0n) is 10.6. The van der Waals surface area contributed by atoms with Gasteiger partial charge in [0.1, 0.15) is 0 Å². The maximum absolute atomic E-state index is 12.8. The van der Waals surface area contributed by atoms with Gasteiger partial charge in [-0.15, -0.1) is 0 Å². The lowest BCUT2D eigenvalue weighted by molar-refractivity contribution is -0.137.